The van der Waals surface area contributed by atoms with Gasteiger partial charge in [0.25, 0.3) is 5.56 Å². The zero-order valence-corrected chi connectivity index (χ0v) is 13.6. The lowest BCUT2D eigenvalue weighted by Gasteiger charge is -2.05. The molecule has 2 aromatic heterocycles. The minimum atomic E-state index is -0.379. The lowest BCUT2D eigenvalue weighted by Crippen LogP contribution is -2.37. The molecular formula is C18H16N4O2. The molecule has 0 fully saturated rings. The maximum absolute atomic E-state index is 12.5. The van der Waals surface area contributed by atoms with Crippen molar-refractivity contribution in [2.75, 3.05) is 0 Å². The van der Waals surface area contributed by atoms with E-state index in [9.17, 15) is 9.59 Å². The Morgan fingerprint density at radius 2 is 1.54 bits per heavy atom. The number of aryl methyl sites for hydroxylation is 2. The highest BCUT2D eigenvalue weighted by atomic mass is 16.2. The van der Waals surface area contributed by atoms with E-state index in [0.29, 0.717) is 17.0 Å². The third-order valence-electron chi connectivity index (χ3n) is 4.48. The van der Waals surface area contributed by atoms with Gasteiger partial charge in [-0.05, 0) is 16.8 Å². The van der Waals surface area contributed by atoms with Crippen LogP contribution in [0.2, 0.25) is 0 Å². The number of rotatable bonds is 1. The average Bonchev–Trinajstić information content (AvgIpc) is 2.95. The molecule has 4 aromatic rings. The van der Waals surface area contributed by atoms with Crippen LogP contribution < -0.4 is 11.2 Å². The first-order valence-corrected chi connectivity index (χ1v) is 7.60. The van der Waals surface area contributed by atoms with E-state index in [4.69, 9.17) is 0 Å². The summed E-state index contributed by atoms with van der Waals surface area (Å²) in [5, 5.41) is 2.24. The summed E-state index contributed by atoms with van der Waals surface area (Å²) in [6, 6.07) is 14.1. The number of benzene rings is 2. The van der Waals surface area contributed by atoms with Gasteiger partial charge in [-0.2, -0.15) is 0 Å². The van der Waals surface area contributed by atoms with E-state index in [-0.39, 0.29) is 11.2 Å². The Morgan fingerprint density at radius 3 is 2.29 bits per heavy atom. The molecule has 0 aliphatic rings. The van der Waals surface area contributed by atoms with Crippen LogP contribution in [-0.4, -0.2) is 18.7 Å². The quantitative estimate of drug-likeness (QED) is 0.537. The molecule has 0 saturated heterocycles. The van der Waals surface area contributed by atoms with Crippen molar-refractivity contribution in [1.82, 2.24) is 18.7 Å². The van der Waals surface area contributed by atoms with Gasteiger partial charge in [0.2, 0.25) is 0 Å². The zero-order chi connectivity index (χ0) is 17.0. The van der Waals surface area contributed by atoms with Crippen molar-refractivity contribution in [2.24, 2.45) is 21.1 Å². The molecular weight excluding hydrogens is 304 g/mol. The Balaban J connectivity index is 2.08. The van der Waals surface area contributed by atoms with Crippen LogP contribution in [0.4, 0.5) is 0 Å². The number of hydrogen-bond donors (Lipinski definition) is 0. The minimum absolute atomic E-state index is 0.338. The fourth-order valence-corrected chi connectivity index (χ4v) is 3.11. The van der Waals surface area contributed by atoms with Crippen molar-refractivity contribution >= 4 is 21.9 Å². The third kappa shape index (κ3) is 1.86. The van der Waals surface area contributed by atoms with E-state index < -0.39 is 0 Å². The molecule has 0 amide bonds. The first-order chi connectivity index (χ1) is 11.5. The molecule has 120 valence electrons. The minimum Gasteiger partial charge on any atom is -0.321 e. The van der Waals surface area contributed by atoms with E-state index in [1.807, 2.05) is 42.5 Å². The number of hydrogen-bond acceptors (Lipinski definition) is 3. The van der Waals surface area contributed by atoms with Gasteiger partial charge in [0.15, 0.2) is 11.2 Å². The van der Waals surface area contributed by atoms with E-state index >= 15 is 0 Å². The molecule has 2 aromatic carbocycles. The largest absolute Gasteiger partial charge is 0.332 e. The fourth-order valence-electron chi connectivity index (χ4n) is 3.11. The standard InChI is InChI=1S/C18H16N4O2/c1-20-14-16(21(2)18(24)22(3)17(14)23)19-15(20)13-9-8-11-6-4-5-7-12(11)10-13/h4-10H,1-3H3. The predicted molar refractivity (Wildman–Crippen MR) is 94.1 cm³/mol. The molecule has 0 aliphatic heterocycles. The first kappa shape index (κ1) is 14.4. The van der Waals surface area contributed by atoms with Gasteiger partial charge in [-0.3, -0.25) is 13.9 Å². The number of nitrogens with zero attached hydrogens (tertiary/aromatic N) is 4. The summed E-state index contributed by atoms with van der Waals surface area (Å²) < 4.78 is 4.26. The molecule has 0 aliphatic carbocycles. The van der Waals surface area contributed by atoms with Crippen LogP contribution in [0.1, 0.15) is 0 Å². The summed E-state index contributed by atoms with van der Waals surface area (Å²) in [4.78, 5) is 29.1. The van der Waals surface area contributed by atoms with Gasteiger partial charge in [0.1, 0.15) is 5.82 Å². The Hall–Kier alpha value is -3.15. The summed E-state index contributed by atoms with van der Waals surface area (Å²) in [5.74, 6) is 0.661. The smallest absolute Gasteiger partial charge is 0.321 e. The van der Waals surface area contributed by atoms with Crippen LogP contribution in [0, 0.1) is 0 Å². The number of aromatic nitrogens is 4. The number of imidazole rings is 1. The summed E-state index contributed by atoms with van der Waals surface area (Å²) in [6.45, 7) is 0. The maximum Gasteiger partial charge on any atom is 0.332 e. The van der Waals surface area contributed by atoms with Crippen LogP contribution in [0.3, 0.4) is 0 Å². The molecule has 24 heavy (non-hydrogen) atoms. The monoisotopic (exact) mass is 320 g/mol. The third-order valence-corrected chi connectivity index (χ3v) is 4.48. The van der Waals surface area contributed by atoms with Gasteiger partial charge in [0.05, 0.1) is 0 Å². The van der Waals surface area contributed by atoms with Gasteiger partial charge in [-0.1, -0.05) is 36.4 Å². The van der Waals surface area contributed by atoms with E-state index in [1.54, 1.807) is 18.7 Å². The van der Waals surface area contributed by atoms with Crippen LogP contribution in [0.25, 0.3) is 33.3 Å². The maximum atomic E-state index is 12.5. The van der Waals surface area contributed by atoms with Gasteiger partial charge in [-0.15, -0.1) is 0 Å². The summed E-state index contributed by atoms with van der Waals surface area (Å²) >= 11 is 0. The van der Waals surface area contributed by atoms with Crippen LogP contribution in [0.5, 0.6) is 0 Å². The van der Waals surface area contributed by atoms with Gasteiger partial charge in [0, 0.05) is 26.7 Å². The molecule has 0 atom stereocenters. The highest BCUT2D eigenvalue weighted by Crippen LogP contribution is 2.25. The van der Waals surface area contributed by atoms with Gasteiger partial charge >= 0.3 is 5.69 Å². The lowest BCUT2D eigenvalue weighted by atomic mass is 10.1. The second kappa shape index (κ2) is 4.92. The van der Waals surface area contributed by atoms with Crippen LogP contribution in [-0.2, 0) is 21.1 Å². The zero-order valence-electron chi connectivity index (χ0n) is 13.6. The SMILES string of the molecule is Cn1c(=O)c2c(nc(-c3ccc4ccccc4c3)n2C)n(C)c1=O. The Labute approximate surface area is 137 Å². The second-order valence-electron chi connectivity index (χ2n) is 5.93. The van der Waals surface area contributed by atoms with Crippen LogP contribution in [0.15, 0.2) is 52.1 Å². The molecule has 0 radical (unpaired) electrons. The molecule has 0 unspecified atom stereocenters. The summed E-state index contributed by atoms with van der Waals surface area (Å²) in [6.07, 6.45) is 0. The summed E-state index contributed by atoms with van der Waals surface area (Å²) in [5.41, 5.74) is 1.00. The van der Waals surface area contributed by atoms with Crippen molar-refractivity contribution < 1.29 is 0 Å². The average molecular weight is 320 g/mol. The van der Waals surface area contributed by atoms with Crippen molar-refractivity contribution in [3.63, 3.8) is 0 Å². The molecule has 0 N–H and O–H groups in total. The highest BCUT2D eigenvalue weighted by Gasteiger charge is 2.17. The Morgan fingerprint density at radius 1 is 0.833 bits per heavy atom. The lowest BCUT2D eigenvalue weighted by molar-refractivity contribution is 0.705. The van der Waals surface area contributed by atoms with Crippen molar-refractivity contribution in [2.45, 2.75) is 0 Å². The van der Waals surface area contributed by atoms with Crippen molar-refractivity contribution in [1.29, 1.82) is 0 Å². The first-order valence-electron chi connectivity index (χ1n) is 7.60. The molecule has 4 rings (SSSR count). The van der Waals surface area contributed by atoms with E-state index in [1.165, 1.54) is 11.6 Å². The predicted octanol–water partition coefficient (Wildman–Crippen LogP) is 1.79. The van der Waals surface area contributed by atoms with E-state index in [0.717, 1.165) is 20.9 Å². The Kier molecular flexibility index (Phi) is 2.96. The Bertz CT molecular complexity index is 1230. The molecule has 6 heteroatoms. The molecule has 0 spiro atoms. The number of fused-ring (bicyclic) bond motifs is 2. The molecule has 6 nitrogen and oxygen atoms in total. The summed E-state index contributed by atoms with van der Waals surface area (Å²) in [7, 11) is 4.90. The van der Waals surface area contributed by atoms with Crippen LogP contribution >= 0.6 is 0 Å². The second-order valence-corrected chi connectivity index (χ2v) is 5.93. The topological polar surface area (TPSA) is 61.8 Å². The molecule has 0 bridgehead atoms. The van der Waals surface area contributed by atoms with Crippen molar-refractivity contribution in [3.05, 3.63) is 63.3 Å². The van der Waals surface area contributed by atoms with Gasteiger partial charge < -0.3 is 4.57 Å². The van der Waals surface area contributed by atoms with Gasteiger partial charge in [-0.25, -0.2) is 9.78 Å². The molecule has 2 heterocycles. The highest BCUT2D eigenvalue weighted by molar-refractivity contribution is 5.87. The van der Waals surface area contributed by atoms with Crippen molar-refractivity contribution in [3.8, 4) is 11.4 Å². The normalized spacial score (nSPS) is 11.5. The fraction of sp³-hybridized carbons (Fsp3) is 0.167. The molecule has 0 saturated carbocycles. The van der Waals surface area contributed by atoms with E-state index in [2.05, 4.69) is 4.98 Å².